The summed E-state index contributed by atoms with van der Waals surface area (Å²) in [6.07, 6.45) is 2.04. The Hall–Kier alpha value is -1.80. The maximum Gasteiger partial charge on any atom is 0.132 e. The van der Waals surface area contributed by atoms with Gasteiger partial charge in [0.25, 0.3) is 0 Å². The lowest BCUT2D eigenvalue weighted by Gasteiger charge is -2.16. The molecule has 2 nitrogen and oxygen atoms in total. The Kier molecular flexibility index (Phi) is 5.40. The van der Waals surface area contributed by atoms with E-state index in [9.17, 15) is 0 Å². The molecule has 0 aliphatic carbocycles. The minimum atomic E-state index is 0.0144. The van der Waals surface area contributed by atoms with E-state index in [1.165, 1.54) is 5.56 Å². The highest BCUT2D eigenvalue weighted by Gasteiger charge is 2.11. The standard InChI is InChI=1S/C19H25NO/c1-4-14(3)15-10-12-16(13-11-15)21-19-9-7-6-8-17(19)18(20)5-2/h6-14,18H,4-5,20H2,1-3H3/t14?,18-/m0/s1. The van der Waals surface area contributed by atoms with E-state index in [1.54, 1.807) is 0 Å². The highest BCUT2D eigenvalue weighted by atomic mass is 16.5. The van der Waals surface area contributed by atoms with Gasteiger partial charge in [0.05, 0.1) is 0 Å². The van der Waals surface area contributed by atoms with E-state index in [1.807, 2.05) is 36.4 Å². The van der Waals surface area contributed by atoms with E-state index in [0.29, 0.717) is 5.92 Å². The van der Waals surface area contributed by atoms with Crippen molar-refractivity contribution in [2.24, 2.45) is 5.73 Å². The summed E-state index contributed by atoms with van der Waals surface area (Å²) in [6.45, 7) is 6.53. The lowest BCUT2D eigenvalue weighted by Crippen LogP contribution is -2.09. The fourth-order valence-corrected chi connectivity index (χ4v) is 2.33. The van der Waals surface area contributed by atoms with Crippen LogP contribution >= 0.6 is 0 Å². The van der Waals surface area contributed by atoms with Gasteiger partial charge in [-0.2, -0.15) is 0 Å². The smallest absolute Gasteiger partial charge is 0.132 e. The molecular formula is C19H25NO. The van der Waals surface area contributed by atoms with E-state index < -0.39 is 0 Å². The number of hydrogen-bond acceptors (Lipinski definition) is 2. The number of rotatable bonds is 6. The second-order valence-corrected chi connectivity index (χ2v) is 5.53. The van der Waals surface area contributed by atoms with Crippen LogP contribution in [0, 0.1) is 0 Å². The lowest BCUT2D eigenvalue weighted by atomic mass is 9.99. The van der Waals surface area contributed by atoms with Crippen LogP contribution in [0.25, 0.3) is 0 Å². The van der Waals surface area contributed by atoms with Gasteiger partial charge in [-0.25, -0.2) is 0 Å². The first-order valence-corrected chi connectivity index (χ1v) is 7.78. The Balaban J connectivity index is 2.19. The first-order valence-electron chi connectivity index (χ1n) is 7.78. The van der Waals surface area contributed by atoms with E-state index >= 15 is 0 Å². The molecule has 2 rings (SSSR count). The molecular weight excluding hydrogens is 258 g/mol. The van der Waals surface area contributed by atoms with Crippen molar-refractivity contribution in [2.45, 2.75) is 45.6 Å². The molecule has 0 aliphatic rings. The molecule has 21 heavy (non-hydrogen) atoms. The summed E-state index contributed by atoms with van der Waals surface area (Å²) < 4.78 is 6.02. The van der Waals surface area contributed by atoms with Crippen LogP contribution < -0.4 is 10.5 Å². The minimum Gasteiger partial charge on any atom is -0.457 e. The SMILES string of the molecule is CCC(C)c1ccc(Oc2ccccc2[C@@H](N)CC)cc1. The molecule has 0 amide bonds. The Morgan fingerprint density at radius 2 is 1.62 bits per heavy atom. The average Bonchev–Trinajstić information content (AvgIpc) is 2.54. The number of hydrogen-bond donors (Lipinski definition) is 1. The molecule has 0 saturated carbocycles. The molecule has 2 heteroatoms. The van der Waals surface area contributed by atoms with Crippen molar-refractivity contribution in [1.29, 1.82) is 0 Å². The third kappa shape index (κ3) is 3.85. The Morgan fingerprint density at radius 3 is 2.24 bits per heavy atom. The molecule has 2 aromatic rings. The molecule has 0 heterocycles. The van der Waals surface area contributed by atoms with Crippen molar-refractivity contribution in [2.75, 3.05) is 0 Å². The Bertz CT molecular complexity index is 562. The Labute approximate surface area is 127 Å². The summed E-state index contributed by atoms with van der Waals surface area (Å²) in [6, 6.07) is 16.4. The number of nitrogens with two attached hydrogens (primary N) is 1. The van der Waals surface area contributed by atoms with Crippen LogP contribution in [-0.2, 0) is 0 Å². The van der Waals surface area contributed by atoms with Crippen molar-refractivity contribution in [3.8, 4) is 11.5 Å². The first kappa shape index (κ1) is 15.6. The number of benzene rings is 2. The molecule has 112 valence electrons. The third-order valence-corrected chi connectivity index (χ3v) is 4.05. The van der Waals surface area contributed by atoms with E-state index in [4.69, 9.17) is 10.5 Å². The summed E-state index contributed by atoms with van der Waals surface area (Å²) in [5, 5.41) is 0. The van der Waals surface area contributed by atoms with E-state index in [0.717, 1.165) is 29.9 Å². The molecule has 0 spiro atoms. The third-order valence-electron chi connectivity index (χ3n) is 4.05. The summed E-state index contributed by atoms with van der Waals surface area (Å²) in [5.74, 6) is 2.29. The van der Waals surface area contributed by atoms with Gasteiger partial charge < -0.3 is 10.5 Å². The van der Waals surface area contributed by atoms with Crippen molar-refractivity contribution in [3.05, 3.63) is 59.7 Å². The fraction of sp³-hybridized carbons (Fsp3) is 0.368. The molecule has 0 aromatic heterocycles. The van der Waals surface area contributed by atoms with Crippen LogP contribution in [-0.4, -0.2) is 0 Å². The van der Waals surface area contributed by atoms with Gasteiger partial charge in [0, 0.05) is 11.6 Å². The molecule has 0 aliphatic heterocycles. The predicted octanol–water partition coefficient (Wildman–Crippen LogP) is 5.40. The summed E-state index contributed by atoms with van der Waals surface area (Å²) >= 11 is 0. The normalized spacial score (nSPS) is 13.7. The van der Waals surface area contributed by atoms with Gasteiger partial charge in [-0.05, 0) is 42.5 Å². The largest absolute Gasteiger partial charge is 0.457 e. The van der Waals surface area contributed by atoms with Crippen molar-refractivity contribution < 1.29 is 4.74 Å². The van der Waals surface area contributed by atoms with Crippen LogP contribution in [0.2, 0.25) is 0 Å². The van der Waals surface area contributed by atoms with Crippen LogP contribution in [0.1, 0.15) is 56.7 Å². The monoisotopic (exact) mass is 283 g/mol. The molecule has 0 saturated heterocycles. The molecule has 2 N–H and O–H groups in total. The number of para-hydroxylation sites is 1. The zero-order valence-electron chi connectivity index (χ0n) is 13.2. The second-order valence-electron chi connectivity index (χ2n) is 5.53. The van der Waals surface area contributed by atoms with Gasteiger partial charge >= 0.3 is 0 Å². The van der Waals surface area contributed by atoms with Gasteiger partial charge in [-0.1, -0.05) is 51.1 Å². The maximum absolute atomic E-state index is 6.15. The maximum atomic E-state index is 6.15. The highest BCUT2D eigenvalue weighted by Crippen LogP contribution is 2.30. The topological polar surface area (TPSA) is 35.2 Å². The van der Waals surface area contributed by atoms with E-state index in [-0.39, 0.29) is 6.04 Å². The van der Waals surface area contributed by atoms with Gasteiger partial charge in [0.15, 0.2) is 0 Å². The number of ether oxygens (including phenoxy) is 1. The fourth-order valence-electron chi connectivity index (χ4n) is 2.33. The van der Waals surface area contributed by atoms with Gasteiger partial charge in [0.1, 0.15) is 11.5 Å². The average molecular weight is 283 g/mol. The summed E-state index contributed by atoms with van der Waals surface area (Å²) in [7, 11) is 0. The van der Waals surface area contributed by atoms with Crippen molar-refractivity contribution >= 4 is 0 Å². The van der Waals surface area contributed by atoms with Crippen LogP contribution in [0.3, 0.4) is 0 Å². The zero-order valence-corrected chi connectivity index (χ0v) is 13.2. The van der Waals surface area contributed by atoms with Gasteiger partial charge in [0.2, 0.25) is 0 Å². The zero-order chi connectivity index (χ0) is 15.2. The molecule has 2 atom stereocenters. The Morgan fingerprint density at radius 1 is 0.952 bits per heavy atom. The summed E-state index contributed by atoms with van der Waals surface area (Å²) in [5.41, 5.74) is 8.56. The highest BCUT2D eigenvalue weighted by molar-refractivity contribution is 5.40. The second kappa shape index (κ2) is 7.28. The molecule has 0 radical (unpaired) electrons. The van der Waals surface area contributed by atoms with Crippen LogP contribution in [0.4, 0.5) is 0 Å². The van der Waals surface area contributed by atoms with E-state index in [2.05, 4.69) is 32.9 Å². The van der Waals surface area contributed by atoms with Crippen molar-refractivity contribution in [3.63, 3.8) is 0 Å². The van der Waals surface area contributed by atoms with Crippen molar-refractivity contribution in [1.82, 2.24) is 0 Å². The summed E-state index contributed by atoms with van der Waals surface area (Å²) in [4.78, 5) is 0. The van der Waals surface area contributed by atoms with Crippen LogP contribution in [0.15, 0.2) is 48.5 Å². The van der Waals surface area contributed by atoms with Gasteiger partial charge in [-0.15, -0.1) is 0 Å². The lowest BCUT2D eigenvalue weighted by molar-refractivity contribution is 0.468. The quantitative estimate of drug-likeness (QED) is 0.770. The first-order chi connectivity index (χ1) is 10.2. The predicted molar refractivity (Wildman–Crippen MR) is 88.9 cm³/mol. The minimum absolute atomic E-state index is 0.0144. The molecule has 1 unspecified atom stereocenters. The molecule has 0 bridgehead atoms. The van der Waals surface area contributed by atoms with Gasteiger partial charge in [-0.3, -0.25) is 0 Å². The molecule has 2 aromatic carbocycles. The molecule has 0 fully saturated rings. The van der Waals surface area contributed by atoms with Crippen LogP contribution in [0.5, 0.6) is 11.5 Å².